The van der Waals surface area contributed by atoms with Gasteiger partial charge in [-0.3, -0.25) is 9.59 Å². The van der Waals surface area contributed by atoms with Gasteiger partial charge in [-0.15, -0.1) is 0 Å². The van der Waals surface area contributed by atoms with Crippen LogP contribution in [0.25, 0.3) is 0 Å². The van der Waals surface area contributed by atoms with E-state index in [1.54, 1.807) is 6.07 Å². The number of rotatable bonds is 6. The topological polar surface area (TPSA) is 72.6 Å². The molecule has 1 fully saturated rings. The SMILES string of the molecule is CCCN(CC(=O)OC)C(=O)c1cc(C2CC2)on1. The van der Waals surface area contributed by atoms with Gasteiger partial charge >= 0.3 is 5.97 Å². The first kappa shape index (κ1) is 13.6. The summed E-state index contributed by atoms with van der Waals surface area (Å²) in [7, 11) is 1.30. The van der Waals surface area contributed by atoms with Crippen LogP contribution in [-0.4, -0.2) is 42.1 Å². The zero-order valence-electron chi connectivity index (χ0n) is 11.2. The first-order valence-corrected chi connectivity index (χ1v) is 6.48. The van der Waals surface area contributed by atoms with E-state index >= 15 is 0 Å². The number of nitrogens with zero attached hydrogens (tertiary/aromatic N) is 2. The predicted molar refractivity (Wildman–Crippen MR) is 66.7 cm³/mol. The van der Waals surface area contributed by atoms with E-state index in [0.29, 0.717) is 12.5 Å². The Morgan fingerprint density at radius 2 is 2.26 bits per heavy atom. The van der Waals surface area contributed by atoms with Crippen molar-refractivity contribution in [3.63, 3.8) is 0 Å². The lowest BCUT2D eigenvalue weighted by Crippen LogP contribution is -2.37. The van der Waals surface area contributed by atoms with Crippen molar-refractivity contribution < 1.29 is 18.8 Å². The van der Waals surface area contributed by atoms with Gasteiger partial charge in [0.25, 0.3) is 5.91 Å². The maximum absolute atomic E-state index is 12.2. The summed E-state index contributed by atoms with van der Waals surface area (Å²) in [6, 6.07) is 1.68. The van der Waals surface area contributed by atoms with Crippen LogP contribution in [0.3, 0.4) is 0 Å². The molecule has 6 nitrogen and oxygen atoms in total. The monoisotopic (exact) mass is 266 g/mol. The molecule has 1 aromatic rings. The van der Waals surface area contributed by atoms with Gasteiger partial charge in [0, 0.05) is 18.5 Å². The summed E-state index contributed by atoms with van der Waals surface area (Å²) in [4.78, 5) is 25.0. The summed E-state index contributed by atoms with van der Waals surface area (Å²) < 4.78 is 9.75. The normalized spacial score (nSPS) is 14.2. The van der Waals surface area contributed by atoms with Gasteiger partial charge in [0.15, 0.2) is 5.69 Å². The van der Waals surface area contributed by atoms with Crippen molar-refractivity contribution in [3.05, 3.63) is 17.5 Å². The number of methoxy groups -OCH3 is 1. The largest absolute Gasteiger partial charge is 0.468 e. The second-order valence-electron chi connectivity index (χ2n) is 4.69. The van der Waals surface area contributed by atoms with Gasteiger partial charge in [0.05, 0.1) is 7.11 Å². The van der Waals surface area contributed by atoms with Crippen molar-refractivity contribution in [2.45, 2.75) is 32.1 Å². The molecule has 0 N–H and O–H groups in total. The third-order valence-electron chi connectivity index (χ3n) is 3.06. The van der Waals surface area contributed by atoms with E-state index in [0.717, 1.165) is 25.0 Å². The molecular weight excluding hydrogens is 248 g/mol. The molecule has 2 rings (SSSR count). The van der Waals surface area contributed by atoms with Crippen LogP contribution in [0.4, 0.5) is 0 Å². The molecule has 1 aliphatic rings. The van der Waals surface area contributed by atoms with Crippen LogP contribution in [0.5, 0.6) is 0 Å². The lowest BCUT2D eigenvalue weighted by atomic mass is 10.2. The minimum absolute atomic E-state index is 0.0607. The van der Waals surface area contributed by atoms with Crippen molar-refractivity contribution in [2.75, 3.05) is 20.2 Å². The maximum Gasteiger partial charge on any atom is 0.325 e. The molecule has 1 saturated carbocycles. The molecule has 19 heavy (non-hydrogen) atoms. The van der Waals surface area contributed by atoms with E-state index < -0.39 is 5.97 Å². The van der Waals surface area contributed by atoms with Gasteiger partial charge < -0.3 is 14.2 Å². The average molecular weight is 266 g/mol. The molecule has 1 aliphatic carbocycles. The van der Waals surface area contributed by atoms with Gasteiger partial charge in [-0.05, 0) is 19.3 Å². The smallest absolute Gasteiger partial charge is 0.325 e. The lowest BCUT2D eigenvalue weighted by molar-refractivity contribution is -0.141. The minimum atomic E-state index is -0.437. The summed E-state index contributed by atoms with van der Waals surface area (Å²) in [5.74, 6) is 0.447. The fraction of sp³-hybridized carbons (Fsp3) is 0.615. The van der Waals surface area contributed by atoms with E-state index in [-0.39, 0.29) is 18.1 Å². The maximum atomic E-state index is 12.2. The van der Waals surface area contributed by atoms with Crippen molar-refractivity contribution >= 4 is 11.9 Å². The third-order valence-corrected chi connectivity index (χ3v) is 3.06. The second kappa shape index (κ2) is 5.86. The average Bonchev–Trinajstić information content (AvgIpc) is 3.15. The van der Waals surface area contributed by atoms with Crippen LogP contribution in [0.1, 0.15) is 48.4 Å². The summed E-state index contributed by atoms with van der Waals surface area (Å²) in [5.41, 5.74) is 0.263. The van der Waals surface area contributed by atoms with Crippen molar-refractivity contribution in [1.29, 1.82) is 0 Å². The third kappa shape index (κ3) is 3.33. The number of aromatic nitrogens is 1. The van der Waals surface area contributed by atoms with E-state index in [1.165, 1.54) is 12.0 Å². The fourth-order valence-corrected chi connectivity index (χ4v) is 1.86. The number of hydrogen-bond acceptors (Lipinski definition) is 5. The second-order valence-corrected chi connectivity index (χ2v) is 4.69. The Morgan fingerprint density at radius 1 is 1.53 bits per heavy atom. The molecule has 0 saturated heterocycles. The Bertz CT molecular complexity index is 465. The molecule has 1 aromatic heterocycles. The first-order valence-electron chi connectivity index (χ1n) is 6.48. The molecule has 0 unspecified atom stereocenters. The Kier molecular flexibility index (Phi) is 4.19. The Labute approximate surface area is 111 Å². The van der Waals surface area contributed by atoms with Crippen LogP contribution < -0.4 is 0 Å². The zero-order valence-corrected chi connectivity index (χ0v) is 11.2. The summed E-state index contributed by atoms with van der Waals surface area (Å²) in [5, 5.41) is 3.80. The molecule has 104 valence electrons. The molecule has 0 radical (unpaired) electrons. The van der Waals surface area contributed by atoms with Crippen LogP contribution in [0.15, 0.2) is 10.6 Å². The number of amides is 1. The highest BCUT2D eigenvalue weighted by Crippen LogP contribution is 2.40. The van der Waals surface area contributed by atoms with E-state index in [4.69, 9.17) is 4.52 Å². The molecule has 0 aliphatic heterocycles. The predicted octanol–water partition coefficient (Wildman–Crippen LogP) is 1.58. The molecule has 1 heterocycles. The Hall–Kier alpha value is -1.85. The van der Waals surface area contributed by atoms with E-state index in [1.807, 2.05) is 6.92 Å². The van der Waals surface area contributed by atoms with Gasteiger partial charge in [-0.25, -0.2) is 0 Å². The molecule has 0 aromatic carbocycles. The molecule has 6 heteroatoms. The van der Waals surface area contributed by atoms with Crippen molar-refractivity contribution in [3.8, 4) is 0 Å². The zero-order chi connectivity index (χ0) is 13.8. The van der Waals surface area contributed by atoms with E-state index in [9.17, 15) is 9.59 Å². The highest BCUT2D eigenvalue weighted by molar-refractivity contribution is 5.94. The molecule has 0 atom stereocenters. The molecule has 1 amide bonds. The van der Waals surface area contributed by atoms with Crippen molar-refractivity contribution in [2.24, 2.45) is 0 Å². The molecule has 0 spiro atoms. The number of esters is 1. The highest BCUT2D eigenvalue weighted by Gasteiger charge is 2.30. The fourth-order valence-electron chi connectivity index (χ4n) is 1.86. The molecular formula is C13H18N2O4. The van der Waals surface area contributed by atoms with Gasteiger partial charge in [-0.2, -0.15) is 0 Å². The quantitative estimate of drug-likeness (QED) is 0.731. The molecule has 0 bridgehead atoms. The van der Waals surface area contributed by atoms with E-state index in [2.05, 4.69) is 9.89 Å². The lowest BCUT2D eigenvalue weighted by Gasteiger charge is -2.19. The Morgan fingerprint density at radius 3 is 2.84 bits per heavy atom. The summed E-state index contributed by atoms with van der Waals surface area (Å²) in [6.45, 7) is 2.37. The van der Waals surface area contributed by atoms with Crippen molar-refractivity contribution in [1.82, 2.24) is 10.1 Å². The van der Waals surface area contributed by atoms with Crippen LogP contribution in [0, 0.1) is 0 Å². The standard InChI is InChI=1S/C13H18N2O4/c1-3-6-15(8-12(16)18-2)13(17)10-7-11(19-14-10)9-4-5-9/h7,9H,3-6,8H2,1-2H3. The van der Waals surface area contributed by atoms with Gasteiger partial charge in [-0.1, -0.05) is 12.1 Å². The van der Waals surface area contributed by atoms with Crippen LogP contribution >= 0.6 is 0 Å². The van der Waals surface area contributed by atoms with Crippen LogP contribution in [-0.2, 0) is 9.53 Å². The summed E-state index contributed by atoms with van der Waals surface area (Å²) >= 11 is 0. The van der Waals surface area contributed by atoms with Gasteiger partial charge in [0.2, 0.25) is 0 Å². The minimum Gasteiger partial charge on any atom is -0.468 e. The van der Waals surface area contributed by atoms with Crippen LogP contribution in [0.2, 0.25) is 0 Å². The number of carbonyl (C=O) groups is 2. The summed E-state index contributed by atoms with van der Waals surface area (Å²) in [6.07, 6.45) is 2.93. The number of ether oxygens (including phenoxy) is 1. The number of hydrogen-bond donors (Lipinski definition) is 0. The van der Waals surface area contributed by atoms with Gasteiger partial charge in [0.1, 0.15) is 12.3 Å². The highest BCUT2D eigenvalue weighted by atomic mass is 16.5. The number of carbonyl (C=O) groups excluding carboxylic acids is 2. The first-order chi connectivity index (χ1) is 9.15. The Balaban J connectivity index is 2.05.